The van der Waals surface area contributed by atoms with Crippen molar-refractivity contribution in [3.05, 3.63) is 21.0 Å². The van der Waals surface area contributed by atoms with Gasteiger partial charge in [-0.2, -0.15) is 0 Å². The van der Waals surface area contributed by atoms with E-state index in [1.807, 2.05) is 6.07 Å². The molecule has 3 nitrogen and oxygen atoms in total. The van der Waals surface area contributed by atoms with Crippen LogP contribution in [-0.4, -0.2) is 24.0 Å². The van der Waals surface area contributed by atoms with Gasteiger partial charge in [-0.05, 0) is 63.7 Å². The van der Waals surface area contributed by atoms with Crippen molar-refractivity contribution in [3.8, 4) is 0 Å². The van der Waals surface area contributed by atoms with Crippen LogP contribution < -0.4 is 5.73 Å². The second-order valence-corrected chi connectivity index (χ2v) is 6.42. The van der Waals surface area contributed by atoms with Gasteiger partial charge in [0.25, 0.3) is 0 Å². The molecule has 1 aliphatic rings. The molecule has 0 aromatic carbocycles. The van der Waals surface area contributed by atoms with E-state index in [0.29, 0.717) is 12.6 Å². The molecule has 1 heterocycles. The van der Waals surface area contributed by atoms with Gasteiger partial charge in [-0.25, -0.2) is 0 Å². The molecule has 0 amide bonds. The molecule has 1 fully saturated rings. The molecule has 1 atom stereocenters. The van der Waals surface area contributed by atoms with E-state index < -0.39 is 0 Å². The summed E-state index contributed by atoms with van der Waals surface area (Å²) in [5.74, 6) is 0.958. The number of hydrogen-bond donors (Lipinski definition) is 1. The van der Waals surface area contributed by atoms with Crippen LogP contribution in [0, 0.1) is 0 Å². The average molecular weight is 380 g/mol. The van der Waals surface area contributed by atoms with Crippen molar-refractivity contribution in [1.29, 1.82) is 0 Å². The first kappa shape index (κ1) is 14.6. The zero-order valence-electron chi connectivity index (χ0n) is 10.7. The van der Waals surface area contributed by atoms with Crippen LogP contribution in [0.15, 0.2) is 19.6 Å². The monoisotopic (exact) mass is 378 g/mol. The molecule has 5 heteroatoms. The molecular formula is C13H20Br2N2O. The van der Waals surface area contributed by atoms with E-state index in [2.05, 4.69) is 43.7 Å². The molecule has 1 unspecified atom stereocenters. The van der Waals surface area contributed by atoms with Crippen molar-refractivity contribution in [2.75, 3.05) is 13.1 Å². The van der Waals surface area contributed by atoms with Crippen LogP contribution in [0.2, 0.25) is 0 Å². The van der Waals surface area contributed by atoms with Crippen LogP contribution >= 0.6 is 31.9 Å². The fourth-order valence-corrected chi connectivity index (χ4v) is 2.89. The van der Waals surface area contributed by atoms with Gasteiger partial charge in [0.1, 0.15) is 5.76 Å². The predicted octanol–water partition coefficient (Wildman–Crippen LogP) is 4.07. The Balaban J connectivity index is 2.13. The van der Waals surface area contributed by atoms with Crippen LogP contribution in [0.4, 0.5) is 0 Å². The Hall–Kier alpha value is 0.160. The SMILES string of the molecule is CCCCN(C1CC1)C(CN)c1cc(Br)c(Br)o1. The largest absolute Gasteiger partial charge is 0.451 e. The van der Waals surface area contributed by atoms with E-state index in [-0.39, 0.29) is 6.04 Å². The fraction of sp³-hybridized carbons (Fsp3) is 0.692. The molecule has 1 aromatic heterocycles. The van der Waals surface area contributed by atoms with Crippen LogP contribution in [0.1, 0.15) is 44.4 Å². The Bertz CT molecular complexity index is 371. The Morgan fingerprint density at radius 1 is 1.50 bits per heavy atom. The summed E-state index contributed by atoms with van der Waals surface area (Å²) in [6.45, 7) is 3.94. The first-order chi connectivity index (χ1) is 8.67. The second-order valence-electron chi connectivity index (χ2n) is 4.84. The predicted molar refractivity (Wildman–Crippen MR) is 80.5 cm³/mol. The molecule has 18 heavy (non-hydrogen) atoms. The van der Waals surface area contributed by atoms with Gasteiger partial charge in [-0.15, -0.1) is 0 Å². The lowest BCUT2D eigenvalue weighted by molar-refractivity contribution is 0.166. The summed E-state index contributed by atoms with van der Waals surface area (Å²) < 4.78 is 7.47. The van der Waals surface area contributed by atoms with Gasteiger partial charge in [0.2, 0.25) is 0 Å². The van der Waals surface area contributed by atoms with E-state index in [1.54, 1.807) is 0 Å². The van der Waals surface area contributed by atoms with Gasteiger partial charge >= 0.3 is 0 Å². The lowest BCUT2D eigenvalue weighted by Gasteiger charge is -2.29. The maximum atomic E-state index is 5.97. The van der Waals surface area contributed by atoms with Gasteiger partial charge in [-0.1, -0.05) is 13.3 Å². The highest BCUT2D eigenvalue weighted by Crippen LogP contribution is 2.37. The van der Waals surface area contributed by atoms with Crippen molar-refractivity contribution >= 4 is 31.9 Å². The van der Waals surface area contributed by atoms with Gasteiger partial charge in [-0.3, -0.25) is 4.90 Å². The van der Waals surface area contributed by atoms with Gasteiger partial charge < -0.3 is 10.2 Å². The summed E-state index contributed by atoms with van der Waals surface area (Å²) in [5.41, 5.74) is 5.97. The number of nitrogens with two attached hydrogens (primary N) is 1. The molecule has 0 aliphatic heterocycles. The Kier molecular flexibility index (Phi) is 5.30. The number of rotatable bonds is 7. The Labute approximate surface area is 125 Å². The number of halogens is 2. The van der Waals surface area contributed by atoms with Crippen LogP contribution in [0.25, 0.3) is 0 Å². The first-order valence-corrected chi connectivity index (χ1v) is 8.16. The summed E-state index contributed by atoms with van der Waals surface area (Å²) >= 11 is 6.86. The van der Waals surface area contributed by atoms with Crippen molar-refractivity contribution in [3.63, 3.8) is 0 Å². The molecule has 102 valence electrons. The van der Waals surface area contributed by atoms with E-state index in [4.69, 9.17) is 10.2 Å². The van der Waals surface area contributed by atoms with Crippen LogP contribution in [0.5, 0.6) is 0 Å². The van der Waals surface area contributed by atoms with Crippen molar-refractivity contribution in [1.82, 2.24) is 4.90 Å². The smallest absolute Gasteiger partial charge is 0.183 e. The van der Waals surface area contributed by atoms with Crippen molar-refractivity contribution in [2.45, 2.75) is 44.7 Å². The maximum absolute atomic E-state index is 5.97. The van der Waals surface area contributed by atoms with E-state index >= 15 is 0 Å². The highest BCUT2D eigenvalue weighted by molar-refractivity contribution is 9.13. The average Bonchev–Trinajstić information content (AvgIpc) is 3.13. The van der Waals surface area contributed by atoms with Crippen LogP contribution in [0.3, 0.4) is 0 Å². The standard InChI is InChI=1S/C13H20Br2N2O/c1-2-3-6-17(9-4-5-9)11(8-16)12-7-10(14)13(15)18-12/h7,9,11H,2-6,8,16H2,1H3. The van der Waals surface area contributed by atoms with Crippen LogP contribution in [-0.2, 0) is 0 Å². The summed E-state index contributed by atoms with van der Waals surface area (Å²) in [4.78, 5) is 2.52. The van der Waals surface area contributed by atoms with Crippen molar-refractivity contribution in [2.24, 2.45) is 5.73 Å². The van der Waals surface area contributed by atoms with Gasteiger partial charge in [0, 0.05) is 12.6 Å². The number of furan rings is 1. The fourth-order valence-electron chi connectivity index (χ4n) is 2.28. The van der Waals surface area contributed by atoms with E-state index in [0.717, 1.165) is 21.4 Å². The summed E-state index contributed by atoms with van der Waals surface area (Å²) in [7, 11) is 0. The molecular weight excluding hydrogens is 360 g/mol. The third-order valence-electron chi connectivity index (χ3n) is 3.40. The molecule has 0 spiro atoms. The zero-order valence-corrected chi connectivity index (χ0v) is 13.8. The minimum absolute atomic E-state index is 0.201. The Morgan fingerprint density at radius 2 is 2.22 bits per heavy atom. The topological polar surface area (TPSA) is 42.4 Å². The Morgan fingerprint density at radius 3 is 2.67 bits per heavy atom. The number of unbranched alkanes of at least 4 members (excludes halogenated alkanes) is 1. The van der Waals surface area contributed by atoms with E-state index in [9.17, 15) is 0 Å². The number of nitrogens with zero attached hydrogens (tertiary/aromatic N) is 1. The molecule has 1 aromatic rings. The molecule has 0 saturated heterocycles. The van der Waals surface area contributed by atoms with Crippen molar-refractivity contribution < 1.29 is 4.42 Å². The third kappa shape index (κ3) is 3.38. The summed E-state index contributed by atoms with van der Waals surface area (Å²) in [6, 6.07) is 2.93. The summed E-state index contributed by atoms with van der Waals surface area (Å²) in [5, 5.41) is 0. The maximum Gasteiger partial charge on any atom is 0.183 e. The quantitative estimate of drug-likeness (QED) is 0.776. The lowest BCUT2D eigenvalue weighted by Crippen LogP contribution is -2.36. The molecule has 0 radical (unpaired) electrons. The zero-order chi connectivity index (χ0) is 13.1. The minimum atomic E-state index is 0.201. The molecule has 2 rings (SSSR count). The minimum Gasteiger partial charge on any atom is -0.451 e. The molecule has 1 aliphatic carbocycles. The molecule has 2 N–H and O–H groups in total. The number of hydrogen-bond acceptors (Lipinski definition) is 3. The van der Waals surface area contributed by atoms with Gasteiger partial charge in [0.05, 0.1) is 10.5 Å². The normalized spacial score (nSPS) is 17.4. The molecule has 1 saturated carbocycles. The first-order valence-electron chi connectivity index (χ1n) is 6.57. The third-order valence-corrected chi connectivity index (χ3v) is 5.11. The van der Waals surface area contributed by atoms with Gasteiger partial charge in [0.15, 0.2) is 4.67 Å². The second kappa shape index (κ2) is 6.55. The highest BCUT2D eigenvalue weighted by Gasteiger charge is 2.35. The highest BCUT2D eigenvalue weighted by atomic mass is 79.9. The molecule has 0 bridgehead atoms. The lowest BCUT2D eigenvalue weighted by atomic mass is 10.1. The summed E-state index contributed by atoms with van der Waals surface area (Å²) in [6.07, 6.45) is 5.02. The van der Waals surface area contributed by atoms with E-state index in [1.165, 1.54) is 25.7 Å².